The van der Waals surface area contributed by atoms with E-state index >= 15 is 0 Å². The third-order valence-electron chi connectivity index (χ3n) is 2.42. The maximum atomic E-state index is 12.3. The highest BCUT2D eigenvalue weighted by atomic mass is 19.4. The normalized spacial score (nSPS) is 12.8. The number of hydrogen-bond donors (Lipinski definition) is 2. The van der Waals surface area contributed by atoms with Crippen LogP contribution in [0.2, 0.25) is 0 Å². The van der Waals surface area contributed by atoms with Crippen molar-refractivity contribution in [3.63, 3.8) is 0 Å². The number of benzene rings is 1. The number of terminal acetylenes is 1. The summed E-state index contributed by atoms with van der Waals surface area (Å²) in [7, 11) is 0. The maximum absolute atomic E-state index is 12.3. The lowest BCUT2D eigenvalue weighted by molar-refractivity contribution is -0.275. The van der Waals surface area contributed by atoms with E-state index in [9.17, 15) is 13.2 Å². The third-order valence-corrected chi connectivity index (χ3v) is 2.42. The van der Waals surface area contributed by atoms with Crippen molar-refractivity contribution in [1.29, 1.82) is 0 Å². The molecule has 0 amide bonds. The highest BCUT2D eigenvalue weighted by molar-refractivity contribution is 5.36. The number of ether oxygens (including phenoxy) is 1. The molecule has 0 saturated heterocycles. The summed E-state index contributed by atoms with van der Waals surface area (Å²) < 4.78 is 40.9. The van der Waals surface area contributed by atoms with Gasteiger partial charge in [0.2, 0.25) is 0 Å². The summed E-state index contributed by atoms with van der Waals surface area (Å²) in [5.74, 6) is 2.19. The zero-order valence-corrected chi connectivity index (χ0v) is 10.2. The molecule has 3 nitrogen and oxygen atoms in total. The van der Waals surface area contributed by atoms with E-state index in [0.29, 0.717) is 18.5 Å². The maximum Gasteiger partial charge on any atom is 0.573 e. The van der Waals surface area contributed by atoms with Gasteiger partial charge in [-0.3, -0.25) is 0 Å². The SMILES string of the molecule is C#CCCNC(CN)c1ccccc1OC(F)(F)F. The Kier molecular flexibility index (Phi) is 5.67. The summed E-state index contributed by atoms with van der Waals surface area (Å²) in [6.45, 7) is 0.613. The number of rotatable bonds is 6. The van der Waals surface area contributed by atoms with Crippen LogP contribution >= 0.6 is 0 Å². The second-order valence-corrected chi connectivity index (χ2v) is 3.78. The molecule has 1 rings (SSSR count). The van der Waals surface area contributed by atoms with Crippen molar-refractivity contribution >= 4 is 0 Å². The van der Waals surface area contributed by atoms with Gasteiger partial charge in [0, 0.05) is 31.1 Å². The van der Waals surface area contributed by atoms with E-state index in [-0.39, 0.29) is 12.3 Å². The summed E-state index contributed by atoms with van der Waals surface area (Å²) in [6, 6.07) is 5.46. The minimum atomic E-state index is -4.73. The van der Waals surface area contributed by atoms with Gasteiger partial charge in [-0.15, -0.1) is 25.5 Å². The third kappa shape index (κ3) is 5.20. The minimum Gasteiger partial charge on any atom is -0.405 e. The quantitative estimate of drug-likeness (QED) is 0.616. The summed E-state index contributed by atoms with van der Waals surface area (Å²) in [5.41, 5.74) is 5.93. The van der Waals surface area contributed by atoms with Gasteiger partial charge in [0.05, 0.1) is 0 Å². The first kappa shape index (κ1) is 15.3. The van der Waals surface area contributed by atoms with E-state index in [0.717, 1.165) is 0 Å². The smallest absolute Gasteiger partial charge is 0.405 e. The van der Waals surface area contributed by atoms with Gasteiger partial charge in [-0.2, -0.15) is 0 Å². The number of hydrogen-bond acceptors (Lipinski definition) is 3. The number of halogens is 3. The molecule has 0 heterocycles. The van der Waals surface area contributed by atoms with Gasteiger partial charge in [0.15, 0.2) is 0 Å². The number of nitrogens with two attached hydrogens (primary N) is 1. The fourth-order valence-corrected chi connectivity index (χ4v) is 1.62. The van der Waals surface area contributed by atoms with Gasteiger partial charge in [-0.05, 0) is 6.07 Å². The molecule has 0 aliphatic rings. The van der Waals surface area contributed by atoms with Crippen LogP contribution in [0, 0.1) is 12.3 Å². The molecule has 0 aromatic heterocycles. The first-order valence-electron chi connectivity index (χ1n) is 5.69. The van der Waals surface area contributed by atoms with Crippen LogP contribution in [0.4, 0.5) is 13.2 Å². The zero-order chi connectivity index (χ0) is 14.3. The summed E-state index contributed by atoms with van der Waals surface area (Å²) in [6.07, 6.45) is 0.856. The Morgan fingerprint density at radius 1 is 1.37 bits per heavy atom. The molecule has 0 fully saturated rings. The Hall–Kier alpha value is -1.71. The lowest BCUT2D eigenvalue weighted by Gasteiger charge is -2.20. The number of nitrogens with one attached hydrogen (secondary N) is 1. The first-order valence-corrected chi connectivity index (χ1v) is 5.69. The Morgan fingerprint density at radius 3 is 2.63 bits per heavy atom. The lowest BCUT2D eigenvalue weighted by Crippen LogP contribution is -2.30. The van der Waals surface area contributed by atoms with E-state index in [2.05, 4.69) is 16.0 Å². The molecule has 104 valence electrons. The molecule has 1 aromatic carbocycles. The second kappa shape index (κ2) is 7.02. The molecular weight excluding hydrogens is 257 g/mol. The highest BCUT2D eigenvalue weighted by Gasteiger charge is 2.32. The minimum absolute atomic E-state index is 0.142. The summed E-state index contributed by atoms with van der Waals surface area (Å²) in [4.78, 5) is 0. The van der Waals surface area contributed by atoms with Crippen molar-refractivity contribution in [2.75, 3.05) is 13.1 Å². The molecule has 3 N–H and O–H groups in total. The van der Waals surface area contributed by atoms with E-state index in [1.54, 1.807) is 12.1 Å². The van der Waals surface area contributed by atoms with Crippen LogP contribution in [-0.2, 0) is 0 Å². The molecule has 1 aromatic rings. The van der Waals surface area contributed by atoms with Gasteiger partial charge in [-0.25, -0.2) is 0 Å². The molecule has 0 aliphatic carbocycles. The fraction of sp³-hybridized carbons (Fsp3) is 0.385. The van der Waals surface area contributed by atoms with Crippen molar-refractivity contribution < 1.29 is 17.9 Å². The highest BCUT2D eigenvalue weighted by Crippen LogP contribution is 2.29. The average molecular weight is 272 g/mol. The number of alkyl halides is 3. The predicted molar refractivity (Wildman–Crippen MR) is 66.4 cm³/mol. The van der Waals surface area contributed by atoms with Gasteiger partial charge in [0.25, 0.3) is 0 Å². The van der Waals surface area contributed by atoms with Crippen LogP contribution < -0.4 is 15.8 Å². The van der Waals surface area contributed by atoms with E-state index in [4.69, 9.17) is 12.2 Å². The molecule has 19 heavy (non-hydrogen) atoms. The van der Waals surface area contributed by atoms with Gasteiger partial charge in [0.1, 0.15) is 5.75 Å². The molecule has 0 saturated carbocycles. The van der Waals surface area contributed by atoms with E-state index in [1.807, 2.05) is 0 Å². The lowest BCUT2D eigenvalue weighted by atomic mass is 10.1. The molecule has 0 aliphatic heterocycles. The first-order chi connectivity index (χ1) is 8.98. The van der Waals surface area contributed by atoms with Crippen molar-refractivity contribution in [3.8, 4) is 18.1 Å². The standard InChI is InChI=1S/C13H15F3N2O/c1-2-3-8-18-11(9-17)10-6-4-5-7-12(10)19-13(14,15)16/h1,4-7,11,18H,3,8-9,17H2. The van der Waals surface area contributed by atoms with Crippen LogP contribution in [0.1, 0.15) is 18.0 Å². The molecule has 0 bridgehead atoms. The van der Waals surface area contributed by atoms with Crippen LogP contribution in [0.25, 0.3) is 0 Å². The van der Waals surface area contributed by atoms with Crippen LogP contribution in [0.5, 0.6) is 5.75 Å². The Balaban J connectivity index is 2.87. The van der Waals surface area contributed by atoms with E-state index < -0.39 is 12.4 Å². The monoisotopic (exact) mass is 272 g/mol. The molecule has 0 spiro atoms. The predicted octanol–water partition coefficient (Wildman–Crippen LogP) is 2.20. The van der Waals surface area contributed by atoms with Crippen molar-refractivity contribution in [2.24, 2.45) is 5.73 Å². The Morgan fingerprint density at radius 2 is 2.05 bits per heavy atom. The average Bonchev–Trinajstić information content (AvgIpc) is 2.34. The van der Waals surface area contributed by atoms with Crippen molar-refractivity contribution in [1.82, 2.24) is 5.32 Å². The van der Waals surface area contributed by atoms with E-state index in [1.165, 1.54) is 12.1 Å². The van der Waals surface area contributed by atoms with Crippen LogP contribution in [0.15, 0.2) is 24.3 Å². The molecule has 1 atom stereocenters. The molecule has 6 heteroatoms. The Labute approximate surface area is 109 Å². The molecule has 0 radical (unpaired) electrons. The van der Waals surface area contributed by atoms with Crippen molar-refractivity contribution in [3.05, 3.63) is 29.8 Å². The topological polar surface area (TPSA) is 47.3 Å². The van der Waals surface area contributed by atoms with Gasteiger partial charge in [-0.1, -0.05) is 18.2 Å². The van der Waals surface area contributed by atoms with Gasteiger partial charge >= 0.3 is 6.36 Å². The zero-order valence-electron chi connectivity index (χ0n) is 10.2. The number of para-hydroxylation sites is 1. The summed E-state index contributed by atoms with van der Waals surface area (Å²) >= 11 is 0. The molecule has 1 unspecified atom stereocenters. The van der Waals surface area contributed by atoms with Crippen LogP contribution in [0.3, 0.4) is 0 Å². The largest absolute Gasteiger partial charge is 0.573 e. The fourth-order valence-electron chi connectivity index (χ4n) is 1.62. The Bertz CT molecular complexity index is 440. The summed E-state index contributed by atoms with van der Waals surface area (Å²) in [5, 5.41) is 3.00. The van der Waals surface area contributed by atoms with Gasteiger partial charge < -0.3 is 15.8 Å². The second-order valence-electron chi connectivity index (χ2n) is 3.78. The molecular formula is C13H15F3N2O. The van der Waals surface area contributed by atoms with Crippen LogP contribution in [-0.4, -0.2) is 19.5 Å². The van der Waals surface area contributed by atoms with Crippen molar-refractivity contribution in [2.45, 2.75) is 18.8 Å².